The summed E-state index contributed by atoms with van der Waals surface area (Å²) in [5, 5.41) is 7.06. The summed E-state index contributed by atoms with van der Waals surface area (Å²) in [6.07, 6.45) is 0. The summed E-state index contributed by atoms with van der Waals surface area (Å²) >= 11 is 0. The molecule has 0 saturated carbocycles. The van der Waals surface area contributed by atoms with Gasteiger partial charge in [-0.3, -0.25) is 0 Å². The minimum atomic E-state index is 0.926. The predicted octanol–water partition coefficient (Wildman–Crippen LogP) is 11.7. The monoisotopic (exact) mass is 555 g/mol. The second-order valence-electron chi connectivity index (χ2n) is 12.2. The zero-order valence-electron chi connectivity index (χ0n) is 24.6. The van der Waals surface area contributed by atoms with Gasteiger partial charge < -0.3 is 13.8 Å². The fourth-order valence-electron chi connectivity index (χ4n) is 6.93. The first-order valence-electron chi connectivity index (χ1n) is 14.8. The van der Waals surface area contributed by atoms with Gasteiger partial charge in [0.25, 0.3) is 0 Å². The number of benzene rings is 6. The highest BCUT2D eigenvalue weighted by molar-refractivity contribution is 6.14. The van der Waals surface area contributed by atoms with Gasteiger partial charge in [-0.2, -0.15) is 0 Å². The van der Waals surface area contributed by atoms with Crippen molar-refractivity contribution in [3.05, 3.63) is 119 Å². The summed E-state index contributed by atoms with van der Waals surface area (Å²) in [7, 11) is 0. The van der Waals surface area contributed by atoms with Gasteiger partial charge in [-0.15, -0.1) is 0 Å². The molecule has 3 nitrogen and oxygen atoms in total. The number of aromatic nitrogens is 1. The maximum Gasteiger partial charge on any atom is 0.143 e. The first-order chi connectivity index (χ1) is 20.9. The van der Waals surface area contributed by atoms with E-state index in [9.17, 15) is 0 Å². The first-order valence-corrected chi connectivity index (χ1v) is 14.8. The van der Waals surface area contributed by atoms with Crippen LogP contribution >= 0.6 is 0 Å². The van der Waals surface area contributed by atoms with E-state index in [1.165, 1.54) is 54.6 Å². The summed E-state index contributed by atoms with van der Waals surface area (Å²) in [5.74, 6) is 0. The van der Waals surface area contributed by atoms with Crippen molar-refractivity contribution in [2.24, 2.45) is 0 Å². The zero-order valence-corrected chi connectivity index (χ0v) is 24.6. The Morgan fingerprint density at radius 3 is 1.30 bits per heavy atom. The van der Waals surface area contributed by atoms with Crippen LogP contribution in [0, 0.1) is 27.7 Å². The van der Waals surface area contributed by atoms with Crippen molar-refractivity contribution in [3.63, 3.8) is 0 Å². The van der Waals surface area contributed by atoms with Gasteiger partial charge in [0.2, 0.25) is 0 Å². The molecule has 0 spiro atoms. The van der Waals surface area contributed by atoms with Gasteiger partial charge in [0.1, 0.15) is 22.3 Å². The van der Waals surface area contributed by atoms with E-state index in [2.05, 4.69) is 130 Å². The topological polar surface area (TPSA) is 42.1 Å². The molecule has 1 N–H and O–H groups in total. The van der Waals surface area contributed by atoms with E-state index in [1.54, 1.807) is 0 Å². The second kappa shape index (κ2) is 8.62. The lowest BCUT2D eigenvalue weighted by Gasteiger charge is -2.07. The Morgan fingerprint density at radius 2 is 0.837 bits per heavy atom. The van der Waals surface area contributed by atoms with Crippen molar-refractivity contribution in [2.75, 3.05) is 0 Å². The number of hydrogen-bond acceptors (Lipinski definition) is 2. The predicted molar refractivity (Wildman–Crippen MR) is 180 cm³/mol. The van der Waals surface area contributed by atoms with Crippen molar-refractivity contribution < 1.29 is 8.83 Å². The quantitative estimate of drug-likeness (QED) is 0.230. The van der Waals surface area contributed by atoms with Gasteiger partial charge in [0.05, 0.1) is 0 Å². The van der Waals surface area contributed by atoms with Gasteiger partial charge in [-0.05, 0) is 123 Å². The van der Waals surface area contributed by atoms with Crippen LogP contribution in [0.15, 0.2) is 106 Å². The van der Waals surface area contributed by atoms with Crippen molar-refractivity contribution >= 4 is 65.7 Å². The molecule has 0 unspecified atom stereocenters. The SMILES string of the molecule is Cc1ccc2oc3c(-c4ccc5[nH]c6ccc(-c7cc(C)cc8c7oc7ccc(C)cc78)cc6c5c4)cc(C)cc3c2c1. The zero-order chi connectivity index (χ0) is 29.0. The molecule has 9 rings (SSSR count). The lowest BCUT2D eigenvalue weighted by molar-refractivity contribution is 0.669. The third-order valence-corrected chi connectivity index (χ3v) is 8.96. The summed E-state index contributed by atoms with van der Waals surface area (Å²) < 4.78 is 12.9. The number of H-pyrrole nitrogens is 1. The van der Waals surface area contributed by atoms with Gasteiger partial charge >= 0.3 is 0 Å². The highest BCUT2D eigenvalue weighted by Gasteiger charge is 2.17. The second-order valence-corrected chi connectivity index (χ2v) is 12.2. The normalized spacial score (nSPS) is 12.2. The number of rotatable bonds is 2. The van der Waals surface area contributed by atoms with Crippen LogP contribution in [0.5, 0.6) is 0 Å². The molecule has 0 aliphatic rings. The van der Waals surface area contributed by atoms with Gasteiger partial charge in [0.15, 0.2) is 0 Å². The van der Waals surface area contributed by atoms with Crippen LogP contribution in [0.1, 0.15) is 22.3 Å². The van der Waals surface area contributed by atoms with E-state index >= 15 is 0 Å². The minimum absolute atomic E-state index is 0.926. The van der Waals surface area contributed by atoms with E-state index in [4.69, 9.17) is 8.83 Å². The van der Waals surface area contributed by atoms with Crippen LogP contribution in [0.3, 0.4) is 0 Å². The van der Waals surface area contributed by atoms with Gasteiger partial charge in [0, 0.05) is 54.5 Å². The van der Waals surface area contributed by atoms with Gasteiger partial charge in [-0.1, -0.05) is 35.4 Å². The number of nitrogens with one attached hydrogen (secondary N) is 1. The molecule has 43 heavy (non-hydrogen) atoms. The smallest absolute Gasteiger partial charge is 0.143 e. The maximum atomic E-state index is 6.47. The number of fused-ring (bicyclic) bond motifs is 9. The molecular formula is C40H29NO2. The Bertz CT molecular complexity index is 2430. The molecule has 9 aromatic rings. The highest BCUT2D eigenvalue weighted by Crippen LogP contribution is 2.41. The lowest BCUT2D eigenvalue weighted by Crippen LogP contribution is -1.83. The molecule has 0 atom stereocenters. The number of aryl methyl sites for hydroxylation is 4. The lowest BCUT2D eigenvalue weighted by atomic mass is 9.96. The highest BCUT2D eigenvalue weighted by atomic mass is 16.3. The van der Waals surface area contributed by atoms with E-state index in [0.717, 1.165) is 55.6 Å². The molecule has 0 fully saturated rings. The van der Waals surface area contributed by atoms with Crippen molar-refractivity contribution in [1.29, 1.82) is 0 Å². The number of aromatic amines is 1. The van der Waals surface area contributed by atoms with Crippen LogP contribution in [0.2, 0.25) is 0 Å². The fraction of sp³-hybridized carbons (Fsp3) is 0.100. The molecule has 6 aromatic carbocycles. The molecule has 0 bridgehead atoms. The first kappa shape index (κ1) is 24.3. The average molecular weight is 556 g/mol. The Labute approximate surface area is 248 Å². The Kier molecular flexibility index (Phi) is 4.88. The molecule has 0 saturated heterocycles. The molecule has 3 aromatic heterocycles. The number of hydrogen-bond donors (Lipinski definition) is 1. The van der Waals surface area contributed by atoms with E-state index in [0.29, 0.717) is 0 Å². The largest absolute Gasteiger partial charge is 0.455 e. The molecule has 0 amide bonds. The van der Waals surface area contributed by atoms with Crippen molar-refractivity contribution in [1.82, 2.24) is 4.98 Å². The Balaban J connectivity index is 1.26. The molecule has 3 heterocycles. The third kappa shape index (κ3) is 3.61. The van der Waals surface area contributed by atoms with Crippen LogP contribution < -0.4 is 0 Å². The van der Waals surface area contributed by atoms with Gasteiger partial charge in [-0.25, -0.2) is 0 Å². The average Bonchev–Trinajstić information content (AvgIpc) is 3.67. The van der Waals surface area contributed by atoms with E-state index in [-0.39, 0.29) is 0 Å². The minimum Gasteiger partial charge on any atom is -0.455 e. The Morgan fingerprint density at radius 1 is 0.395 bits per heavy atom. The summed E-state index contributed by atoms with van der Waals surface area (Å²) in [6, 6.07) is 35.2. The van der Waals surface area contributed by atoms with Crippen LogP contribution in [-0.4, -0.2) is 4.98 Å². The van der Waals surface area contributed by atoms with E-state index in [1.807, 2.05) is 0 Å². The molecular weight excluding hydrogens is 526 g/mol. The molecule has 0 aliphatic heterocycles. The Hall–Kier alpha value is -5.28. The molecule has 0 radical (unpaired) electrons. The summed E-state index contributed by atoms with van der Waals surface area (Å²) in [4.78, 5) is 3.64. The molecule has 3 heteroatoms. The molecule has 0 aliphatic carbocycles. The summed E-state index contributed by atoms with van der Waals surface area (Å²) in [5.41, 5.74) is 15.4. The van der Waals surface area contributed by atoms with Crippen LogP contribution in [0.4, 0.5) is 0 Å². The van der Waals surface area contributed by atoms with Crippen LogP contribution in [-0.2, 0) is 0 Å². The maximum absolute atomic E-state index is 6.47. The standard InChI is InChI=1S/C40H29NO2/c1-21-5-11-37-31(13-21)33-17-23(3)15-27(39(33)42-37)25-7-9-35-29(19-25)30-20-26(8-10-36(30)41-35)28-16-24(4)18-34-32-14-22(2)6-12-38(32)43-40(28)34/h5-20,41H,1-4H3. The summed E-state index contributed by atoms with van der Waals surface area (Å²) in [6.45, 7) is 8.59. The van der Waals surface area contributed by atoms with E-state index < -0.39 is 0 Å². The van der Waals surface area contributed by atoms with Crippen LogP contribution in [0.25, 0.3) is 87.9 Å². The third-order valence-electron chi connectivity index (χ3n) is 8.96. The number of furan rings is 2. The molecule has 206 valence electrons. The van der Waals surface area contributed by atoms with Crippen molar-refractivity contribution in [2.45, 2.75) is 27.7 Å². The van der Waals surface area contributed by atoms with Crippen molar-refractivity contribution in [3.8, 4) is 22.3 Å². The fourth-order valence-corrected chi connectivity index (χ4v) is 6.93.